The van der Waals surface area contributed by atoms with E-state index in [-0.39, 0.29) is 6.42 Å². The molecular formula is C15H19NO5. The summed E-state index contributed by atoms with van der Waals surface area (Å²) in [4.78, 5) is 33.4. The Bertz CT molecular complexity index is 516. The molecule has 1 amide bonds. The Morgan fingerprint density at radius 2 is 1.86 bits per heavy atom. The fraction of sp³-hybridized carbons (Fsp3) is 0.400. The van der Waals surface area contributed by atoms with Crippen LogP contribution in [0.25, 0.3) is 0 Å². The number of carbonyl (C=O) groups excluding carboxylic acids is 2. The van der Waals surface area contributed by atoms with E-state index < -0.39 is 23.7 Å². The third-order valence-corrected chi connectivity index (χ3v) is 2.54. The fourth-order valence-electron chi connectivity index (χ4n) is 1.62. The number of hydrogen-bond donors (Lipinski definition) is 2. The standard InChI is InChI=1S/C15H19NO5/c1-15(2,3)21-14(20)16-12(13(18)19)8-10-4-6-11(9-17)7-5-10/h4-7,9,12H,8H2,1-3H3,(H,16,20)(H,18,19). The second-order valence-corrected chi connectivity index (χ2v) is 5.60. The predicted molar refractivity (Wildman–Crippen MR) is 76.3 cm³/mol. The van der Waals surface area contributed by atoms with Gasteiger partial charge in [0.25, 0.3) is 0 Å². The number of aldehydes is 1. The van der Waals surface area contributed by atoms with Gasteiger partial charge in [-0.15, -0.1) is 0 Å². The molecule has 6 nitrogen and oxygen atoms in total. The van der Waals surface area contributed by atoms with Gasteiger partial charge < -0.3 is 15.2 Å². The lowest BCUT2D eigenvalue weighted by atomic mass is 10.0. The van der Waals surface area contributed by atoms with Crippen LogP contribution in [0.5, 0.6) is 0 Å². The van der Waals surface area contributed by atoms with Crippen LogP contribution in [0.2, 0.25) is 0 Å². The minimum Gasteiger partial charge on any atom is -0.480 e. The molecule has 2 N–H and O–H groups in total. The van der Waals surface area contributed by atoms with E-state index in [9.17, 15) is 14.4 Å². The van der Waals surface area contributed by atoms with E-state index in [1.54, 1.807) is 45.0 Å². The van der Waals surface area contributed by atoms with Crippen LogP contribution in [0.3, 0.4) is 0 Å². The first-order valence-electron chi connectivity index (χ1n) is 6.47. The number of carbonyl (C=O) groups is 3. The van der Waals surface area contributed by atoms with Crippen LogP contribution < -0.4 is 5.32 Å². The van der Waals surface area contributed by atoms with Crippen molar-refractivity contribution < 1.29 is 24.2 Å². The molecule has 0 aliphatic heterocycles. The van der Waals surface area contributed by atoms with Gasteiger partial charge in [-0.1, -0.05) is 24.3 Å². The molecule has 0 saturated carbocycles. The van der Waals surface area contributed by atoms with E-state index in [1.165, 1.54) is 0 Å². The molecule has 1 unspecified atom stereocenters. The van der Waals surface area contributed by atoms with E-state index in [1.807, 2.05) is 0 Å². The monoisotopic (exact) mass is 293 g/mol. The van der Waals surface area contributed by atoms with Gasteiger partial charge in [0.1, 0.15) is 17.9 Å². The average Bonchev–Trinajstić information content (AvgIpc) is 2.36. The zero-order valence-electron chi connectivity index (χ0n) is 12.3. The van der Waals surface area contributed by atoms with E-state index in [0.717, 1.165) is 0 Å². The van der Waals surface area contributed by atoms with Crippen LogP contribution in [-0.2, 0) is 16.0 Å². The van der Waals surface area contributed by atoms with Gasteiger partial charge in [-0.05, 0) is 26.3 Å². The Balaban J connectivity index is 2.71. The number of aliphatic carboxylic acids is 1. The van der Waals surface area contributed by atoms with Crippen molar-refractivity contribution in [3.8, 4) is 0 Å². The van der Waals surface area contributed by atoms with Gasteiger partial charge in [0.05, 0.1) is 0 Å². The maximum Gasteiger partial charge on any atom is 0.408 e. The zero-order valence-corrected chi connectivity index (χ0v) is 12.3. The number of amides is 1. The van der Waals surface area contributed by atoms with Crippen LogP contribution in [0.1, 0.15) is 36.7 Å². The molecule has 1 atom stereocenters. The number of alkyl carbamates (subject to hydrolysis) is 1. The van der Waals surface area contributed by atoms with E-state index >= 15 is 0 Å². The fourth-order valence-corrected chi connectivity index (χ4v) is 1.62. The number of ether oxygens (including phenoxy) is 1. The van der Waals surface area contributed by atoms with E-state index in [4.69, 9.17) is 9.84 Å². The molecule has 1 aromatic carbocycles. The molecule has 0 aliphatic carbocycles. The Labute approximate surface area is 123 Å². The largest absolute Gasteiger partial charge is 0.480 e. The molecule has 0 aliphatic rings. The molecule has 0 aromatic heterocycles. The number of hydrogen-bond acceptors (Lipinski definition) is 4. The van der Waals surface area contributed by atoms with Crippen molar-refractivity contribution in [2.75, 3.05) is 0 Å². The summed E-state index contributed by atoms with van der Waals surface area (Å²) in [7, 11) is 0. The lowest BCUT2D eigenvalue weighted by Crippen LogP contribution is -2.44. The summed E-state index contributed by atoms with van der Waals surface area (Å²) in [6.07, 6.45) is 0.0323. The highest BCUT2D eigenvalue weighted by Gasteiger charge is 2.24. The zero-order chi connectivity index (χ0) is 16.0. The van der Waals surface area contributed by atoms with E-state index in [0.29, 0.717) is 17.4 Å². The normalized spacial score (nSPS) is 12.3. The van der Waals surface area contributed by atoms with Crippen molar-refractivity contribution in [1.82, 2.24) is 5.32 Å². The quantitative estimate of drug-likeness (QED) is 0.810. The second-order valence-electron chi connectivity index (χ2n) is 5.60. The molecule has 0 spiro atoms. The SMILES string of the molecule is CC(C)(C)OC(=O)NC(Cc1ccc(C=O)cc1)C(=O)O. The summed E-state index contributed by atoms with van der Waals surface area (Å²) >= 11 is 0. The minimum absolute atomic E-state index is 0.105. The first-order valence-corrected chi connectivity index (χ1v) is 6.47. The third-order valence-electron chi connectivity index (χ3n) is 2.54. The molecule has 21 heavy (non-hydrogen) atoms. The van der Waals surface area contributed by atoms with Gasteiger partial charge in [-0.25, -0.2) is 9.59 Å². The highest BCUT2D eigenvalue weighted by molar-refractivity contribution is 5.80. The summed E-state index contributed by atoms with van der Waals surface area (Å²) in [5, 5.41) is 11.5. The summed E-state index contributed by atoms with van der Waals surface area (Å²) in [6.45, 7) is 5.08. The highest BCUT2D eigenvalue weighted by atomic mass is 16.6. The van der Waals surface area contributed by atoms with Gasteiger partial charge in [0.15, 0.2) is 0 Å². The van der Waals surface area contributed by atoms with Crippen molar-refractivity contribution in [3.05, 3.63) is 35.4 Å². The average molecular weight is 293 g/mol. The maximum absolute atomic E-state index is 11.6. The van der Waals surface area contributed by atoms with Crippen LogP contribution in [0.4, 0.5) is 4.79 Å². The number of nitrogens with one attached hydrogen (secondary N) is 1. The molecule has 0 saturated heterocycles. The highest BCUT2D eigenvalue weighted by Crippen LogP contribution is 2.09. The Morgan fingerprint density at radius 3 is 2.29 bits per heavy atom. The number of rotatable bonds is 5. The topological polar surface area (TPSA) is 92.7 Å². The molecule has 0 bridgehead atoms. The van der Waals surface area contributed by atoms with Gasteiger partial charge >= 0.3 is 12.1 Å². The van der Waals surface area contributed by atoms with Crippen LogP contribution in [0, 0.1) is 0 Å². The Kier molecular flexibility index (Phi) is 5.46. The van der Waals surface area contributed by atoms with Crippen molar-refractivity contribution in [2.45, 2.75) is 38.8 Å². The first kappa shape index (κ1) is 16.7. The van der Waals surface area contributed by atoms with Gasteiger partial charge in [-0.2, -0.15) is 0 Å². The molecule has 1 aromatic rings. The Hall–Kier alpha value is -2.37. The number of benzene rings is 1. The molecule has 0 heterocycles. The molecule has 0 radical (unpaired) electrons. The first-order chi connectivity index (χ1) is 9.71. The molecular weight excluding hydrogens is 274 g/mol. The molecule has 114 valence electrons. The molecule has 0 fully saturated rings. The van der Waals surface area contributed by atoms with E-state index in [2.05, 4.69) is 5.32 Å². The van der Waals surface area contributed by atoms with Crippen LogP contribution in [0.15, 0.2) is 24.3 Å². The van der Waals surface area contributed by atoms with Gasteiger partial charge in [0.2, 0.25) is 0 Å². The third kappa shape index (κ3) is 6.07. The van der Waals surface area contributed by atoms with Crippen molar-refractivity contribution in [3.63, 3.8) is 0 Å². The van der Waals surface area contributed by atoms with Gasteiger partial charge in [-0.3, -0.25) is 4.79 Å². The van der Waals surface area contributed by atoms with Crippen molar-refractivity contribution >= 4 is 18.3 Å². The summed E-state index contributed by atoms with van der Waals surface area (Å²) < 4.78 is 5.03. The summed E-state index contributed by atoms with van der Waals surface area (Å²) in [6, 6.07) is 5.39. The van der Waals surface area contributed by atoms with Crippen LogP contribution >= 0.6 is 0 Å². The summed E-state index contributed by atoms with van der Waals surface area (Å²) in [5.74, 6) is -1.15. The van der Waals surface area contributed by atoms with Crippen LogP contribution in [-0.4, -0.2) is 35.1 Å². The second kappa shape index (κ2) is 6.88. The predicted octanol–water partition coefficient (Wildman–Crippen LogP) is 2.02. The molecule has 1 rings (SSSR count). The lowest BCUT2D eigenvalue weighted by molar-refractivity contribution is -0.139. The number of carboxylic acids is 1. The van der Waals surface area contributed by atoms with Crippen molar-refractivity contribution in [2.24, 2.45) is 0 Å². The smallest absolute Gasteiger partial charge is 0.408 e. The maximum atomic E-state index is 11.6. The summed E-state index contributed by atoms with van der Waals surface area (Å²) in [5.41, 5.74) is 0.508. The number of carboxylic acid groups (broad SMARTS) is 1. The lowest BCUT2D eigenvalue weighted by Gasteiger charge is -2.22. The van der Waals surface area contributed by atoms with Gasteiger partial charge in [0, 0.05) is 12.0 Å². The molecule has 6 heteroatoms. The minimum atomic E-state index is -1.15. The van der Waals surface area contributed by atoms with Crippen molar-refractivity contribution in [1.29, 1.82) is 0 Å². The Morgan fingerprint density at radius 1 is 1.29 bits per heavy atom.